The minimum absolute atomic E-state index is 0.0559. The van der Waals surface area contributed by atoms with Gasteiger partial charge in [-0.1, -0.05) is 19.1 Å². The van der Waals surface area contributed by atoms with Crippen molar-refractivity contribution in [2.24, 2.45) is 17.3 Å². The standard InChI is InChI=1S/C15H24O4Si/c1-5-12(20-14(17-3)18-4)19-13(16)15(2)9-10-6-7-11(15)8-10/h6-7,10-12,14H,5,8-9H2,1-4H3. The van der Waals surface area contributed by atoms with E-state index in [1.807, 2.05) is 13.8 Å². The summed E-state index contributed by atoms with van der Waals surface area (Å²) in [5, 5.41) is 0. The van der Waals surface area contributed by atoms with Crippen LogP contribution in [0, 0.1) is 17.3 Å². The maximum atomic E-state index is 12.6. The number of esters is 1. The van der Waals surface area contributed by atoms with E-state index in [4.69, 9.17) is 14.2 Å². The molecular formula is C15H24O4Si. The molecule has 4 nitrogen and oxygen atoms in total. The highest BCUT2D eigenvalue weighted by molar-refractivity contribution is 6.38. The van der Waals surface area contributed by atoms with E-state index in [1.165, 1.54) is 0 Å². The largest absolute Gasteiger partial charge is 0.466 e. The zero-order valence-corrected chi connectivity index (χ0v) is 13.7. The Balaban J connectivity index is 1.94. The summed E-state index contributed by atoms with van der Waals surface area (Å²) in [6, 6.07) is 0. The van der Waals surface area contributed by atoms with Crippen molar-refractivity contribution in [1.29, 1.82) is 0 Å². The van der Waals surface area contributed by atoms with Crippen LogP contribution in [0.4, 0.5) is 0 Å². The van der Waals surface area contributed by atoms with E-state index in [2.05, 4.69) is 12.2 Å². The SMILES string of the molecule is CCC(OC(=O)C1(C)CC2C=CC1C2)[Si]C(OC)OC. The van der Waals surface area contributed by atoms with Gasteiger partial charge in [-0.3, -0.25) is 4.79 Å². The molecule has 0 aromatic carbocycles. The van der Waals surface area contributed by atoms with Crippen molar-refractivity contribution in [2.45, 2.75) is 44.8 Å². The molecule has 0 aromatic heterocycles. The Morgan fingerprint density at radius 3 is 2.55 bits per heavy atom. The van der Waals surface area contributed by atoms with Gasteiger partial charge in [0.25, 0.3) is 0 Å². The van der Waals surface area contributed by atoms with Crippen molar-refractivity contribution >= 4 is 15.5 Å². The Morgan fingerprint density at radius 1 is 1.40 bits per heavy atom. The van der Waals surface area contributed by atoms with E-state index in [1.54, 1.807) is 14.2 Å². The third-order valence-electron chi connectivity index (χ3n) is 4.51. The number of carbonyl (C=O) groups excluding carboxylic acids is 1. The molecule has 2 rings (SSSR count). The Bertz CT molecular complexity index is 380. The third kappa shape index (κ3) is 2.99. The van der Waals surface area contributed by atoms with Gasteiger partial charge in [-0.05, 0) is 38.0 Å². The van der Waals surface area contributed by atoms with Crippen LogP contribution < -0.4 is 0 Å². The fourth-order valence-electron chi connectivity index (χ4n) is 3.21. The van der Waals surface area contributed by atoms with Crippen LogP contribution in [0.15, 0.2) is 12.2 Å². The number of hydrogen-bond acceptors (Lipinski definition) is 4. The fourth-order valence-corrected chi connectivity index (χ4v) is 4.20. The van der Waals surface area contributed by atoms with E-state index in [-0.39, 0.29) is 23.0 Å². The van der Waals surface area contributed by atoms with E-state index >= 15 is 0 Å². The number of ether oxygens (including phenoxy) is 3. The van der Waals surface area contributed by atoms with Crippen molar-refractivity contribution in [3.05, 3.63) is 12.2 Å². The van der Waals surface area contributed by atoms with Crippen molar-refractivity contribution in [1.82, 2.24) is 0 Å². The second kappa shape index (κ2) is 6.41. The van der Waals surface area contributed by atoms with Crippen LogP contribution in [0.25, 0.3) is 0 Å². The first-order chi connectivity index (χ1) is 9.53. The lowest BCUT2D eigenvalue weighted by Crippen LogP contribution is -2.40. The molecule has 0 amide bonds. The molecule has 20 heavy (non-hydrogen) atoms. The first kappa shape index (κ1) is 15.7. The molecule has 0 spiro atoms. The molecular weight excluding hydrogens is 272 g/mol. The molecule has 112 valence electrons. The average molecular weight is 296 g/mol. The highest BCUT2D eigenvalue weighted by atomic mass is 28.2. The predicted molar refractivity (Wildman–Crippen MR) is 77.2 cm³/mol. The van der Waals surface area contributed by atoms with Crippen LogP contribution in [0.5, 0.6) is 0 Å². The lowest BCUT2D eigenvalue weighted by atomic mass is 9.78. The van der Waals surface area contributed by atoms with Gasteiger partial charge in [0.05, 0.1) is 11.1 Å². The molecule has 5 heteroatoms. The summed E-state index contributed by atoms with van der Waals surface area (Å²) in [5.74, 6) is 0.562. The molecule has 0 N–H and O–H groups in total. The van der Waals surface area contributed by atoms with Gasteiger partial charge in [0.1, 0.15) is 5.91 Å². The minimum Gasteiger partial charge on any atom is -0.466 e. The summed E-state index contributed by atoms with van der Waals surface area (Å²) < 4.78 is 16.2. The molecule has 1 saturated carbocycles. The van der Waals surface area contributed by atoms with Crippen LogP contribution in [-0.2, 0) is 19.0 Å². The normalized spacial score (nSPS) is 32.9. The monoisotopic (exact) mass is 296 g/mol. The van der Waals surface area contributed by atoms with E-state index in [0.29, 0.717) is 21.4 Å². The number of methoxy groups -OCH3 is 2. The topological polar surface area (TPSA) is 44.8 Å². The molecule has 4 atom stereocenters. The number of allylic oxidation sites excluding steroid dienone is 2. The molecule has 2 radical (unpaired) electrons. The van der Waals surface area contributed by atoms with Gasteiger partial charge in [-0.2, -0.15) is 0 Å². The van der Waals surface area contributed by atoms with Gasteiger partial charge in [0, 0.05) is 14.2 Å². The van der Waals surface area contributed by atoms with Gasteiger partial charge >= 0.3 is 5.97 Å². The van der Waals surface area contributed by atoms with E-state index in [9.17, 15) is 4.79 Å². The lowest BCUT2D eigenvalue weighted by Gasteiger charge is -2.31. The highest BCUT2D eigenvalue weighted by Crippen LogP contribution is 2.52. The second-order valence-corrected chi connectivity index (χ2v) is 7.33. The summed E-state index contributed by atoms with van der Waals surface area (Å²) in [7, 11) is 3.53. The van der Waals surface area contributed by atoms with Gasteiger partial charge in [0.2, 0.25) is 0 Å². The van der Waals surface area contributed by atoms with Crippen LogP contribution in [0.1, 0.15) is 33.1 Å². The summed E-state index contributed by atoms with van der Waals surface area (Å²) in [4.78, 5) is 12.6. The molecule has 2 bridgehead atoms. The average Bonchev–Trinajstić information content (AvgIpc) is 3.03. The Labute approximate surface area is 123 Å². The lowest BCUT2D eigenvalue weighted by molar-refractivity contribution is -0.159. The number of carbonyl (C=O) groups is 1. The van der Waals surface area contributed by atoms with Crippen LogP contribution >= 0.6 is 0 Å². The quantitative estimate of drug-likeness (QED) is 0.312. The molecule has 2 aliphatic carbocycles. The Hall–Kier alpha value is -0.653. The zero-order chi connectivity index (χ0) is 14.8. The highest BCUT2D eigenvalue weighted by Gasteiger charge is 2.51. The Kier molecular flexibility index (Phi) is 5.04. The summed E-state index contributed by atoms with van der Waals surface area (Å²) >= 11 is 0. The zero-order valence-electron chi connectivity index (χ0n) is 12.7. The van der Waals surface area contributed by atoms with Crippen LogP contribution in [-0.4, -0.2) is 41.3 Å². The smallest absolute Gasteiger partial charge is 0.312 e. The number of rotatable bonds is 7. The Morgan fingerprint density at radius 2 is 2.10 bits per heavy atom. The summed E-state index contributed by atoms with van der Waals surface area (Å²) in [6.07, 6.45) is 7.23. The van der Waals surface area contributed by atoms with Crippen molar-refractivity contribution < 1.29 is 19.0 Å². The first-order valence-corrected chi connectivity index (χ1v) is 8.40. The molecule has 0 heterocycles. The molecule has 2 aliphatic rings. The number of fused-ring (bicyclic) bond motifs is 2. The van der Waals surface area contributed by atoms with Crippen molar-refractivity contribution in [2.75, 3.05) is 14.2 Å². The third-order valence-corrected chi connectivity index (χ3v) is 6.15. The first-order valence-electron chi connectivity index (χ1n) is 7.24. The van der Waals surface area contributed by atoms with Crippen molar-refractivity contribution in [3.8, 4) is 0 Å². The molecule has 0 saturated heterocycles. The summed E-state index contributed by atoms with van der Waals surface area (Å²) in [6.45, 7) is 4.07. The van der Waals surface area contributed by atoms with Crippen LogP contribution in [0.2, 0.25) is 0 Å². The fraction of sp³-hybridized carbons (Fsp3) is 0.800. The molecule has 1 fully saturated rings. The van der Waals surface area contributed by atoms with Gasteiger partial charge in [-0.15, -0.1) is 0 Å². The van der Waals surface area contributed by atoms with E-state index < -0.39 is 0 Å². The van der Waals surface area contributed by atoms with Gasteiger partial charge < -0.3 is 14.2 Å². The molecule has 0 aromatic rings. The van der Waals surface area contributed by atoms with Crippen molar-refractivity contribution in [3.63, 3.8) is 0 Å². The molecule has 4 unspecified atom stereocenters. The van der Waals surface area contributed by atoms with Crippen LogP contribution in [0.3, 0.4) is 0 Å². The maximum Gasteiger partial charge on any atom is 0.312 e. The number of hydrogen-bond donors (Lipinski definition) is 0. The van der Waals surface area contributed by atoms with Gasteiger partial charge in [0.15, 0.2) is 9.52 Å². The van der Waals surface area contributed by atoms with Gasteiger partial charge in [-0.25, -0.2) is 0 Å². The molecule has 0 aliphatic heterocycles. The predicted octanol–water partition coefficient (Wildman–Crippen LogP) is 2.15. The maximum absolute atomic E-state index is 12.6. The summed E-state index contributed by atoms with van der Waals surface area (Å²) in [5.41, 5.74) is -0.459. The minimum atomic E-state index is -0.340. The van der Waals surface area contributed by atoms with E-state index in [0.717, 1.165) is 19.3 Å². The second-order valence-electron chi connectivity index (χ2n) is 5.88.